The van der Waals surface area contributed by atoms with E-state index in [9.17, 15) is 4.79 Å². The molecule has 0 heterocycles. The second-order valence-corrected chi connectivity index (χ2v) is 3.93. The fraction of sp³-hybridized carbons (Fsp3) is 0.727. The first kappa shape index (κ1) is 14.1. The van der Waals surface area contributed by atoms with Crippen LogP contribution in [0.25, 0.3) is 0 Å². The van der Waals surface area contributed by atoms with Gasteiger partial charge in [0, 0.05) is 12.1 Å². The number of nitrogens with zero attached hydrogens (tertiary/aromatic N) is 2. The summed E-state index contributed by atoms with van der Waals surface area (Å²) >= 11 is 0. The minimum absolute atomic E-state index is 0.265. The van der Waals surface area contributed by atoms with Crippen LogP contribution >= 0.6 is 0 Å². The van der Waals surface area contributed by atoms with E-state index in [4.69, 9.17) is 5.11 Å². The molecule has 0 aromatic heterocycles. The number of rotatable bonds is 8. The van der Waals surface area contributed by atoms with Gasteiger partial charge in [-0.05, 0) is 40.2 Å². The van der Waals surface area contributed by atoms with E-state index < -0.39 is 5.97 Å². The Labute approximate surface area is 92.2 Å². The van der Waals surface area contributed by atoms with Crippen LogP contribution in [0.15, 0.2) is 12.2 Å². The molecule has 0 bridgehead atoms. The summed E-state index contributed by atoms with van der Waals surface area (Å²) in [7, 11) is 4.07. The Balaban J connectivity index is 3.83. The normalized spacial score (nSPS) is 11.0. The van der Waals surface area contributed by atoms with Crippen molar-refractivity contribution in [1.82, 2.24) is 9.80 Å². The molecule has 0 saturated carbocycles. The van der Waals surface area contributed by atoms with Crippen molar-refractivity contribution in [3.63, 3.8) is 0 Å². The van der Waals surface area contributed by atoms with Crippen LogP contribution in [0.5, 0.6) is 0 Å². The van der Waals surface area contributed by atoms with Crippen LogP contribution < -0.4 is 0 Å². The van der Waals surface area contributed by atoms with Crippen LogP contribution in [-0.2, 0) is 4.79 Å². The number of carboxylic acids is 1. The maximum Gasteiger partial charge on any atom is 0.332 e. The molecular formula is C11H22N2O2. The van der Waals surface area contributed by atoms with Gasteiger partial charge in [0.1, 0.15) is 0 Å². The molecule has 0 aliphatic heterocycles. The van der Waals surface area contributed by atoms with E-state index in [0.29, 0.717) is 6.54 Å². The van der Waals surface area contributed by atoms with E-state index >= 15 is 0 Å². The Bertz CT molecular complexity index is 215. The van der Waals surface area contributed by atoms with Crippen molar-refractivity contribution in [2.45, 2.75) is 13.3 Å². The molecule has 0 aromatic rings. The van der Waals surface area contributed by atoms with Gasteiger partial charge in [-0.1, -0.05) is 13.5 Å². The van der Waals surface area contributed by atoms with Crippen LogP contribution in [0.1, 0.15) is 13.3 Å². The molecule has 0 fully saturated rings. The SMILES string of the molecule is C=C(CN(CC)CCCN(C)C)C(=O)O. The molecule has 88 valence electrons. The van der Waals surface area contributed by atoms with Gasteiger partial charge in [0.2, 0.25) is 0 Å². The smallest absolute Gasteiger partial charge is 0.332 e. The van der Waals surface area contributed by atoms with Crippen molar-refractivity contribution in [2.75, 3.05) is 40.3 Å². The molecule has 0 spiro atoms. The highest BCUT2D eigenvalue weighted by Gasteiger charge is 2.09. The third kappa shape index (κ3) is 7.11. The minimum atomic E-state index is -0.902. The standard InChI is InChI=1S/C11H22N2O2/c1-5-13(8-6-7-12(3)4)9-10(2)11(14)15/h2,5-9H2,1,3-4H3,(H,14,15). The lowest BCUT2D eigenvalue weighted by molar-refractivity contribution is -0.132. The van der Waals surface area contributed by atoms with Gasteiger partial charge in [0.25, 0.3) is 0 Å². The lowest BCUT2D eigenvalue weighted by Gasteiger charge is -2.21. The van der Waals surface area contributed by atoms with Gasteiger partial charge in [0.05, 0.1) is 0 Å². The number of hydrogen-bond acceptors (Lipinski definition) is 3. The maximum atomic E-state index is 10.6. The number of hydrogen-bond donors (Lipinski definition) is 1. The molecule has 4 heteroatoms. The van der Waals surface area contributed by atoms with Gasteiger partial charge < -0.3 is 10.0 Å². The third-order valence-electron chi connectivity index (χ3n) is 2.24. The fourth-order valence-corrected chi connectivity index (χ4v) is 1.30. The average Bonchev–Trinajstić information content (AvgIpc) is 2.15. The largest absolute Gasteiger partial charge is 0.478 e. The summed E-state index contributed by atoms with van der Waals surface area (Å²) in [6.45, 7) is 8.83. The van der Waals surface area contributed by atoms with Crippen LogP contribution in [0.2, 0.25) is 0 Å². The minimum Gasteiger partial charge on any atom is -0.478 e. The first-order chi connectivity index (χ1) is 6.97. The van der Waals surface area contributed by atoms with E-state index in [1.165, 1.54) is 0 Å². The monoisotopic (exact) mass is 214 g/mol. The van der Waals surface area contributed by atoms with Gasteiger partial charge >= 0.3 is 5.97 Å². The Morgan fingerprint density at radius 1 is 1.33 bits per heavy atom. The second kappa shape index (κ2) is 7.43. The first-order valence-electron chi connectivity index (χ1n) is 5.25. The van der Waals surface area contributed by atoms with E-state index in [1.54, 1.807) is 0 Å². The van der Waals surface area contributed by atoms with Crippen LogP contribution in [-0.4, -0.2) is 61.2 Å². The van der Waals surface area contributed by atoms with E-state index in [1.807, 2.05) is 21.0 Å². The molecule has 0 aliphatic rings. The van der Waals surface area contributed by atoms with Crippen LogP contribution in [0, 0.1) is 0 Å². The fourth-order valence-electron chi connectivity index (χ4n) is 1.30. The predicted molar refractivity (Wildman–Crippen MR) is 62.1 cm³/mol. The number of carbonyl (C=O) groups is 1. The molecule has 0 atom stereocenters. The highest BCUT2D eigenvalue weighted by atomic mass is 16.4. The summed E-state index contributed by atoms with van der Waals surface area (Å²) in [5.74, 6) is -0.902. The van der Waals surface area contributed by atoms with Crippen molar-refractivity contribution in [3.05, 3.63) is 12.2 Å². The summed E-state index contributed by atoms with van der Waals surface area (Å²) in [5, 5.41) is 8.71. The van der Waals surface area contributed by atoms with E-state index in [2.05, 4.69) is 16.4 Å². The van der Waals surface area contributed by atoms with Gasteiger partial charge in [-0.3, -0.25) is 4.90 Å². The Kier molecular flexibility index (Phi) is 6.99. The number of aliphatic carboxylic acids is 1. The molecule has 0 radical (unpaired) electrons. The number of likely N-dealkylation sites (N-methyl/N-ethyl adjacent to an activating group) is 1. The molecule has 0 unspecified atom stereocenters. The lowest BCUT2D eigenvalue weighted by Crippen LogP contribution is -2.30. The topological polar surface area (TPSA) is 43.8 Å². The molecule has 15 heavy (non-hydrogen) atoms. The Morgan fingerprint density at radius 2 is 1.93 bits per heavy atom. The molecule has 4 nitrogen and oxygen atoms in total. The highest BCUT2D eigenvalue weighted by molar-refractivity contribution is 5.86. The summed E-state index contributed by atoms with van der Waals surface area (Å²) in [6, 6.07) is 0. The first-order valence-corrected chi connectivity index (χ1v) is 5.25. The average molecular weight is 214 g/mol. The molecule has 0 saturated heterocycles. The van der Waals surface area contributed by atoms with Crippen molar-refractivity contribution in [3.8, 4) is 0 Å². The molecular weight excluding hydrogens is 192 g/mol. The highest BCUT2D eigenvalue weighted by Crippen LogP contribution is 1.99. The predicted octanol–water partition coefficient (Wildman–Crippen LogP) is 0.901. The number of carboxylic acid groups (broad SMARTS) is 1. The molecule has 0 aliphatic carbocycles. The molecule has 0 aromatic carbocycles. The van der Waals surface area contributed by atoms with E-state index in [0.717, 1.165) is 26.1 Å². The molecule has 0 rings (SSSR count). The third-order valence-corrected chi connectivity index (χ3v) is 2.24. The zero-order valence-corrected chi connectivity index (χ0v) is 9.99. The second-order valence-electron chi connectivity index (χ2n) is 3.93. The maximum absolute atomic E-state index is 10.6. The zero-order valence-electron chi connectivity index (χ0n) is 9.99. The van der Waals surface area contributed by atoms with E-state index in [-0.39, 0.29) is 5.57 Å². The van der Waals surface area contributed by atoms with Crippen molar-refractivity contribution in [2.24, 2.45) is 0 Å². The zero-order chi connectivity index (χ0) is 11.8. The summed E-state index contributed by atoms with van der Waals surface area (Å²) in [5.41, 5.74) is 0.265. The Hall–Kier alpha value is -0.870. The van der Waals surface area contributed by atoms with Gasteiger partial charge in [-0.15, -0.1) is 0 Å². The summed E-state index contributed by atoms with van der Waals surface area (Å²) in [4.78, 5) is 14.8. The lowest BCUT2D eigenvalue weighted by atomic mass is 10.2. The quantitative estimate of drug-likeness (QED) is 0.610. The van der Waals surface area contributed by atoms with Crippen LogP contribution in [0.4, 0.5) is 0 Å². The van der Waals surface area contributed by atoms with Gasteiger partial charge in [-0.25, -0.2) is 4.79 Å². The van der Waals surface area contributed by atoms with Gasteiger partial charge in [-0.2, -0.15) is 0 Å². The molecule has 1 N–H and O–H groups in total. The van der Waals surface area contributed by atoms with Crippen molar-refractivity contribution >= 4 is 5.97 Å². The summed E-state index contributed by atoms with van der Waals surface area (Å²) < 4.78 is 0. The van der Waals surface area contributed by atoms with Crippen molar-refractivity contribution in [1.29, 1.82) is 0 Å². The molecule has 0 amide bonds. The van der Waals surface area contributed by atoms with Crippen molar-refractivity contribution < 1.29 is 9.90 Å². The van der Waals surface area contributed by atoms with Gasteiger partial charge in [0.15, 0.2) is 0 Å². The Morgan fingerprint density at radius 3 is 2.33 bits per heavy atom. The van der Waals surface area contributed by atoms with Crippen LogP contribution in [0.3, 0.4) is 0 Å². The summed E-state index contributed by atoms with van der Waals surface area (Å²) in [6.07, 6.45) is 1.05.